The molecule has 1 fully saturated rings. The zero-order valence-corrected chi connectivity index (χ0v) is 7.26. The lowest BCUT2D eigenvalue weighted by Gasteiger charge is -2.00. The van der Waals surface area contributed by atoms with Crippen molar-refractivity contribution in [1.29, 1.82) is 0 Å². The summed E-state index contributed by atoms with van der Waals surface area (Å²) in [7, 11) is 0. The Labute approximate surface area is 68.1 Å². The summed E-state index contributed by atoms with van der Waals surface area (Å²) in [4.78, 5) is 21.4. The zero-order valence-electron chi connectivity index (χ0n) is 5.62. The van der Waals surface area contributed by atoms with Gasteiger partial charge >= 0.3 is 0 Å². The van der Waals surface area contributed by atoms with Gasteiger partial charge in [0.1, 0.15) is 0 Å². The molecule has 1 saturated heterocycles. The molecule has 0 aromatic rings. The molecule has 0 saturated carbocycles. The van der Waals surface area contributed by atoms with Crippen LogP contribution in [0.15, 0.2) is 0 Å². The predicted molar refractivity (Wildman–Crippen MR) is 44.1 cm³/mol. The molecule has 2 nitrogen and oxygen atoms in total. The topological polar surface area (TPSA) is 34.1 Å². The summed E-state index contributed by atoms with van der Waals surface area (Å²) in [5.74, 6) is 0.879. The highest BCUT2D eigenvalue weighted by atomic mass is 32.2. The van der Waals surface area contributed by atoms with Gasteiger partial charge in [-0.2, -0.15) is 0 Å². The van der Waals surface area contributed by atoms with Gasteiger partial charge in [-0.15, -0.1) is 0 Å². The number of thioether (sulfide) groups is 2. The molecule has 0 amide bonds. The molecule has 0 aromatic carbocycles. The highest BCUT2D eigenvalue weighted by molar-refractivity contribution is 8.20. The van der Waals surface area contributed by atoms with E-state index in [0.29, 0.717) is 0 Å². The summed E-state index contributed by atoms with van der Waals surface area (Å²) in [6.45, 7) is 1.50. The first-order valence-electron chi connectivity index (χ1n) is 3.04. The average Bonchev–Trinajstić information content (AvgIpc) is 2.15. The first-order valence-corrected chi connectivity index (χ1v) is 4.90. The van der Waals surface area contributed by atoms with E-state index >= 15 is 0 Å². The Kier molecular flexibility index (Phi) is 2.80. The van der Waals surface area contributed by atoms with Crippen molar-refractivity contribution in [3.05, 3.63) is 0 Å². The van der Waals surface area contributed by atoms with Gasteiger partial charge in [0.15, 0.2) is 5.12 Å². The average molecular weight is 176 g/mol. The van der Waals surface area contributed by atoms with Crippen molar-refractivity contribution in [2.75, 3.05) is 5.75 Å². The van der Waals surface area contributed by atoms with Crippen molar-refractivity contribution < 1.29 is 9.59 Å². The summed E-state index contributed by atoms with van der Waals surface area (Å²) in [6, 6.07) is 0. The smallest absolute Gasteiger partial charge is 0.202 e. The van der Waals surface area contributed by atoms with Gasteiger partial charge in [-0.3, -0.25) is 9.59 Å². The Bertz CT molecular complexity index is 167. The highest BCUT2D eigenvalue weighted by Crippen LogP contribution is 2.29. The number of carbonyl (C=O) groups excluding carboxylic acids is 2. The monoisotopic (exact) mass is 176 g/mol. The van der Waals surface area contributed by atoms with Gasteiger partial charge in [0.25, 0.3) is 0 Å². The maximum atomic E-state index is 10.9. The number of carbonyl (C=O) groups is 2. The van der Waals surface area contributed by atoms with Crippen LogP contribution in [-0.2, 0) is 9.59 Å². The van der Waals surface area contributed by atoms with Crippen LogP contribution >= 0.6 is 23.5 Å². The fourth-order valence-corrected chi connectivity index (χ4v) is 2.87. The molecule has 4 heteroatoms. The minimum absolute atomic E-state index is 0.0425. The summed E-state index contributed by atoms with van der Waals surface area (Å²) in [5, 5.41) is 0.156. The van der Waals surface area contributed by atoms with Gasteiger partial charge in [0.05, 0.1) is 5.25 Å². The van der Waals surface area contributed by atoms with Crippen molar-refractivity contribution in [2.45, 2.75) is 18.6 Å². The molecule has 10 heavy (non-hydrogen) atoms. The molecule has 1 aliphatic rings. The molecule has 0 radical (unpaired) electrons. The van der Waals surface area contributed by atoms with Gasteiger partial charge < -0.3 is 0 Å². The van der Waals surface area contributed by atoms with Crippen LogP contribution in [-0.4, -0.2) is 21.2 Å². The van der Waals surface area contributed by atoms with Crippen LogP contribution in [0.2, 0.25) is 0 Å². The molecular weight excluding hydrogens is 168 g/mol. The first-order chi connectivity index (χ1) is 4.70. The van der Waals surface area contributed by atoms with E-state index in [2.05, 4.69) is 0 Å². The lowest BCUT2D eigenvalue weighted by atomic mass is 10.4. The van der Waals surface area contributed by atoms with Gasteiger partial charge in [-0.25, -0.2) is 0 Å². The van der Waals surface area contributed by atoms with E-state index in [9.17, 15) is 9.59 Å². The second-order valence-corrected chi connectivity index (χ2v) is 4.53. The normalized spacial score (nSPS) is 25.3. The summed E-state index contributed by atoms with van der Waals surface area (Å²) in [6.07, 6.45) is 0.855. The summed E-state index contributed by atoms with van der Waals surface area (Å²) in [5.41, 5.74) is 0. The summed E-state index contributed by atoms with van der Waals surface area (Å²) < 4.78 is 0. The first kappa shape index (κ1) is 8.14. The van der Waals surface area contributed by atoms with Gasteiger partial charge in [0.2, 0.25) is 5.12 Å². The van der Waals surface area contributed by atoms with E-state index in [1.165, 1.54) is 18.7 Å². The maximum absolute atomic E-state index is 10.9. The van der Waals surface area contributed by atoms with E-state index in [-0.39, 0.29) is 15.5 Å². The molecule has 56 valence electrons. The molecule has 0 aromatic heterocycles. The van der Waals surface area contributed by atoms with Crippen LogP contribution in [0.25, 0.3) is 0 Å². The number of hydrogen-bond acceptors (Lipinski definition) is 4. The number of hydrogen-bond donors (Lipinski definition) is 0. The Hall–Kier alpha value is 0.0400. The Morgan fingerprint density at radius 1 is 1.80 bits per heavy atom. The van der Waals surface area contributed by atoms with Crippen molar-refractivity contribution in [1.82, 2.24) is 0 Å². The third-order valence-corrected chi connectivity index (χ3v) is 3.42. The number of rotatable bonds is 1. The molecule has 1 atom stereocenters. The van der Waals surface area contributed by atoms with Crippen molar-refractivity contribution >= 4 is 33.8 Å². The lowest BCUT2D eigenvalue weighted by molar-refractivity contribution is -0.111. The SMILES string of the molecule is CC(=O)SC1CCSC1=O. The van der Waals surface area contributed by atoms with E-state index in [1.54, 1.807) is 0 Å². The van der Waals surface area contributed by atoms with E-state index in [4.69, 9.17) is 0 Å². The third kappa shape index (κ3) is 2.02. The second kappa shape index (κ2) is 3.44. The fraction of sp³-hybridized carbons (Fsp3) is 0.667. The highest BCUT2D eigenvalue weighted by Gasteiger charge is 2.26. The van der Waals surface area contributed by atoms with E-state index in [0.717, 1.165) is 23.9 Å². The third-order valence-electron chi connectivity index (χ3n) is 1.20. The van der Waals surface area contributed by atoms with Gasteiger partial charge in [0, 0.05) is 12.7 Å². The van der Waals surface area contributed by atoms with Gasteiger partial charge in [-0.1, -0.05) is 23.5 Å². The maximum Gasteiger partial charge on any atom is 0.202 e. The van der Waals surface area contributed by atoms with Crippen LogP contribution in [0.3, 0.4) is 0 Å². The molecular formula is C6H8O2S2. The van der Waals surface area contributed by atoms with Crippen LogP contribution in [0.5, 0.6) is 0 Å². The molecule has 0 aliphatic carbocycles. The standard InChI is InChI=1S/C6H8O2S2/c1-4(7)10-5-2-3-9-6(5)8/h5H,2-3H2,1H3. The Morgan fingerprint density at radius 3 is 2.90 bits per heavy atom. The Balaban J connectivity index is 2.40. The minimum atomic E-state index is -0.0532. The van der Waals surface area contributed by atoms with Gasteiger partial charge in [-0.05, 0) is 6.42 Å². The second-order valence-electron chi connectivity index (χ2n) is 2.05. The van der Waals surface area contributed by atoms with E-state index in [1.807, 2.05) is 0 Å². The quantitative estimate of drug-likeness (QED) is 0.603. The predicted octanol–water partition coefficient (Wildman–Crippen LogP) is 1.30. The van der Waals surface area contributed by atoms with Crippen LogP contribution < -0.4 is 0 Å². The van der Waals surface area contributed by atoms with E-state index < -0.39 is 0 Å². The lowest BCUT2D eigenvalue weighted by Crippen LogP contribution is -2.08. The van der Waals surface area contributed by atoms with Crippen LogP contribution in [0.4, 0.5) is 0 Å². The van der Waals surface area contributed by atoms with Crippen LogP contribution in [0.1, 0.15) is 13.3 Å². The molecule has 1 unspecified atom stereocenters. The minimum Gasteiger partial charge on any atom is -0.288 e. The largest absolute Gasteiger partial charge is 0.288 e. The molecule has 0 bridgehead atoms. The van der Waals surface area contributed by atoms with Crippen molar-refractivity contribution in [2.24, 2.45) is 0 Å². The van der Waals surface area contributed by atoms with Crippen molar-refractivity contribution in [3.8, 4) is 0 Å². The van der Waals surface area contributed by atoms with Crippen molar-refractivity contribution in [3.63, 3.8) is 0 Å². The molecule has 1 rings (SSSR count). The fourth-order valence-electron chi connectivity index (χ4n) is 0.785. The molecule has 0 N–H and O–H groups in total. The summed E-state index contributed by atoms with van der Waals surface area (Å²) >= 11 is 2.50. The molecule has 1 heterocycles. The molecule has 0 spiro atoms. The Morgan fingerprint density at radius 2 is 2.50 bits per heavy atom. The zero-order chi connectivity index (χ0) is 7.56. The molecule has 1 aliphatic heterocycles. The van der Waals surface area contributed by atoms with Crippen LogP contribution in [0, 0.1) is 0 Å².